The number of hydrogen-bond donors (Lipinski definition) is 0. The highest BCUT2D eigenvalue weighted by Gasteiger charge is 2.16. The van der Waals surface area contributed by atoms with Crippen molar-refractivity contribution in [3.05, 3.63) is 84.2 Å². The molecule has 1 aromatic heterocycles. The molecule has 0 fully saturated rings. The molecule has 0 spiro atoms. The van der Waals surface area contributed by atoms with Gasteiger partial charge in [-0.3, -0.25) is 9.29 Å². The van der Waals surface area contributed by atoms with E-state index >= 15 is 0 Å². The molecule has 0 aliphatic rings. The highest BCUT2D eigenvalue weighted by molar-refractivity contribution is 8.01. The maximum Gasteiger partial charge on any atom is 0.145 e. The first-order chi connectivity index (χ1) is 13.5. The van der Waals surface area contributed by atoms with Gasteiger partial charge in [-0.05, 0) is 53.9 Å². The molecule has 142 valence electrons. The fraction of sp³-hybridized carbons (Fsp3) is 0.136. The highest BCUT2D eigenvalue weighted by Crippen LogP contribution is 2.28. The Morgan fingerprint density at radius 1 is 1.14 bits per heavy atom. The lowest BCUT2D eigenvalue weighted by atomic mass is 10.2. The van der Waals surface area contributed by atoms with Crippen LogP contribution in [0.3, 0.4) is 0 Å². The summed E-state index contributed by atoms with van der Waals surface area (Å²) in [6, 6.07) is 20.3. The Morgan fingerprint density at radius 2 is 1.89 bits per heavy atom. The molecule has 0 saturated heterocycles. The number of nitrogens with zero attached hydrogens (tertiary/aromatic N) is 3. The van der Waals surface area contributed by atoms with Gasteiger partial charge < -0.3 is 4.74 Å². The van der Waals surface area contributed by atoms with E-state index in [0.29, 0.717) is 29.4 Å². The van der Waals surface area contributed by atoms with Gasteiger partial charge in [-0.2, -0.15) is 5.26 Å². The van der Waals surface area contributed by atoms with Gasteiger partial charge in [0.15, 0.2) is 0 Å². The van der Waals surface area contributed by atoms with Crippen molar-refractivity contribution in [2.75, 3.05) is 10.1 Å². The topological polar surface area (TPSA) is 66.2 Å². The third kappa shape index (κ3) is 4.51. The molecule has 0 N–H and O–H groups in total. The van der Waals surface area contributed by atoms with E-state index in [1.165, 1.54) is 0 Å². The molecule has 28 heavy (non-hydrogen) atoms. The van der Waals surface area contributed by atoms with Crippen molar-refractivity contribution < 1.29 is 8.95 Å². The first-order valence-electron chi connectivity index (χ1n) is 8.82. The van der Waals surface area contributed by atoms with Crippen molar-refractivity contribution >= 4 is 21.3 Å². The molecule has 1 unspecified atom stereocenters. The summed E-state index contributed by atoms with van der Waals surface area (Å²) in [5.41, 5.74) is 2.21. The molecule has 0 aliphatic heterocycles. The van der Waals surface area contributed by atoms with E-state index in [9.17, 15) is 9.47 Å². The van der Waals surface area contributed by atoms with Crippen molar-refractivity contribution in [1.29, 1.82) is 5.26 Å². The second-order valence-electron chi connectivity index (χ2n) is 6.16. The number of rotatable bonds is 7. The van der Waals surface area contributed by atoms with Gasteiger partial charge >= 0.3 is 0 Å². The van der Waals surface area contributed by atoms with Crippen LogP contribution in [0.2, 0.25) is 0 Å². The van der Waals surface area contributed by atoms with E-state index in [1.807, 2.05) is 37.3 Å². The minimum Gasteiger partial charge on any atom is -0.456 e. The van der Waals surface area contributed by atoms with Gasteiger partial charge in [-0.1, -0.05) is 25.1 Å². The van der Waals surface area contributed by atoms with Crippen LogP contribution >= 0.6 is 0 Å². The summed E-state index contributed by atoms with van der Waals surface area (Å²) < 4.78 is 20.7. The Bertz CT molecular complexity index is 1070. The minimum absolute atomic E-state index is 0.432. The van der Waals surface area contributed by atoms with Crippen LogP contribution in [0.15, 0.2) is 73.1 Å². The third-order valence-electron chi connectivity index (χ3n) is 4.26. The summed E-state index contributed by atoms with van der Waals surface area (Å²) in [7, 11) is -2.47. The number of para-hydroxylation sites is 1. The van der Waals surface area contributed by atoms with Gasteiger partial charge in [0, 0.05) is 33.5 Å². The Hall–Kier alpha value is -3.30. The van der Waals surface area contributed by atoms with E-state index in [4.69, 9.17) is 4.74 Å². The molecule has 0 radical (unpaired) electrons. The van der Waals surface area contributed by atoms with Crippen LogP contribution in [0.5, 0.6) is 11.5 Å². The smallest absolute Gasteiger partial charge is 0.145 e. The average Bonchev–Trinajstić information content (AvgIpc) is 2.74. The molecule has 0 aliphatic carbocycles. The van der Waals surface area contributed by atoms with Crippen LogP contribution in [-0.4, -0.2) is 20.8 Å². The summed E-state index contributed by atoms with van der Waals surface area (Å²) in [4.78, 5) is 4.13. The molecule has 0 amide bonds. The average molecular weight is 391 g/mol. The Morgan fingerprint density at radius 3 is 2.54 bits per heavy atom. The van der Waals surface area contributed by atoms with E-state index < -0.39 is 9.71 Å². The van der Waals surface area contributed by atoms with Crippen molar-refractivity contribution in [2.24, 2.45) is 0 Å². The number of nitriles is 1. The zero-order valence-corrected chi connectivity index (χ0v) is 16.4. The number of ether oxygens (including phenoxy) is 1. The molecule has 0 bridgehead atoms. The predicted molar refractivity (Wildman–Crippen MR) is 114 cm³/mol. The zero-order valence-electron chi connectivity index (χ0n) is 15.6. The number of hydrogen-bond acceptors (Lipinski definition) is 4. The van der Waals surface area contributed by atoms with Crippen molar-refractivity contribution in [2.45, 2.75) is 13.5 Å². The Kier molecular flexibility index (Phi) is 5.97. The predicted octanol–water partition coefficient (Wildman–Crippen LogP) is 4.40. The molecule has 1 atom stereocenters. The van der Waals surface area contributed by atoms with Gasteiger partial charge in [-0.15, -0.1) is 0 Å². The van der Waals surface area contributed by atoms with Crippen LogP contribution in [0.4, 0.5) is 5.69 Å². The van der Waals surface area contributed by atoms with Crippen LogP contribution in [0.25, 0.3) is 0 Å². The molecule has 2 aromatic carbocycles. The lowest BCUT2D eigenvalue weighted by Crippen LogP contribution is -2.31. The maximum absolute atomic E-state index is 13.0. The molecular formula is C22H21N3O2S. The fourth-order valence-electron chi connectivity index (χ4n) is 2.67. The lowest BCUT2D eigenvalue weighted by Gasteiger charge is -2.28. The molecular weight excluding hydrogens is 370 g/mol. The summed E-state index contributed by atoms with van der Waals surface area (Å²) in [5.74, 6) is 5.47. The maximum atomic E-state index is 13.0. The van der Waals surface area contributed by atoms with Gasteiger partial charge in [0.1, 0.15) is 17.6 Å². The highest BCUT2D eigenvalue weighted by atomic mass is 32.2. The molecule has 5 nitrogen and oxygen atoms in total. The SMILES string of the molecule is C=S(=O)(CC)N(Cc1cccnc1)c1ccc(Oc2ccccc2C#N)cc1. The normalized spacial score (nSPS) is 12.6. The standard InChI is InChI=1S/C22H21N3O2S/c1-3-28(2,26)25(17-18-7-6-14-24-16-18)20-10-12-21(13-11-20)27-22-9-5-4-8-19(22)15-23/h4-14,16H,2-3,17H2,1H3. The lowest BCUT2D eigenvalue weighted by molar-refractivity contribution is 0.481. The largest absolute Gasteiger partial charge is 0.456 e. The number of anilines is 1. The summed E-state index contributed by atoms with van der Waals surface area (Å²) in [6.07, 6.45) is 3.47. The van der Waals surface area contributed by atoms with Gasteiger partial charge in [0.05, 0.1) is 12.1 Å². The van der Waals surface area contributed by atoms with Crippen molar-refractivity contribution in [1.82, 2.24) is 4.98 Å². The monoisotopic (exact) mass is 391 g/mol. The second-order valence-corrected chi connectivity index (χ2v) is 8.73. The van der Waals surface area contributed by atoms with Gasteiger partial charge in [0.2, 0.25) is 0 Å². The molecule has 3 rings (SSSR count). The first-order valence-corrected chi connectivity index (χ1v) is 10.7. The molecule has 3 aromatic rings. The Labute approximate surface area is 166 Å². The minimum atomic E-state index is -2.47. The van der Waals surface area contributed by atoms with E-state index in [-0.39, 0.29) is 0 Å². The molecule has 1 heterocycles. The summed E-state index contributed by atoms with van der Waals surface area (Å²) in [5, 5.41) is 9.19. The summed E-state index contributed by atoms with van der Waals surface area (Å²) in [6.45, 7) is 2.31. The summed E-state index contributed by atoms with van der Waals surface area (Å²) >= 11 is 0. The van der Waals surface area contributed by atoms with Crippen molar-refractivity contribution in [3.63, 3.8) is 0 Å². The van der Waals surface area contributed by atoms with Crippen LogP contribution in [-0.2, 0) is 16.3 Å². The quantitative estimate of drug-likeness (QED) is 0.560. The van der Waals surface area contributed by atoms with E-state index in [1.54, 1.807) is 47.0 Å². The first kappa shape index (κ1) is 19.5. The third-order valence-corrected chi connectivity index (χ3v) is 6.31. The fourth-order valence-corrected chi connectivity index (χ4v) is 3.87. The number of pyridine rings is 1. The van der Waals surface area contributed by atoms with Crippen LogP contribution < -0.4 is 9.04 Å². The van der Waals surface area contributed by atoms with E-state index in [0.717, 1.165) is 11.3 Å². The zero-order chi connectivity index (χ0) is 20.0. The number of benzene rings is 2. The van der Waals surface area contributed by atoms with E-state index in [2.05, 4.69) is 16.9 Å². The van der Waals surface area contributed by atoms with Crippen LogP contribution in [0.1, 0.15) is 18.1 Å². The Balaban J connectivity index is 1.87. The van der Waals surface area contributed by atoms with Crippen LogP contribution in [0, 0.1) is 11.3 Å². The van der Waals surface area contributed by atoms with Crippen molar-refractivity contribution in [3.8, 4) is 17.6 Å². The second kappa shape index (κ2) is 8.59. The molecule has 0 saturated carbocycles. The van der Waals surface area contributed by atoms with Gasteiger partial charge in [0.25, 0.3) is 0 Å². The molecule has 6 heteroatoms. The van der Waals surface area contributed by atoms with Gasteiger partial charge in [-0.25, -0.2) is 4.21 Å². The number of aromatic nitrogens is 1.